The zero-order valence-electron chi connectivity index (χ0n) is 22.8. The van der Waals surface area contributed by atoms with Gasteiger partial charge < -0.3 is 23.7 Å². The third-order valence-electron chi connectivity index (χ3n) is 6.50. The van der Waals surface area contributed by atoms with Gasteiger partial charge in [-0.1, -0.05) is 75.4 Å². The number of ether oxygens (including phenoxy) is 5. The minimum Gasteiger partial charge on any atom is -0.379 e. The summed E-state index contributed by atoms with van der Waals surface area (Å²) in [7, 11) is 0. The van der Waals surface area contributed by atoms with E-state index in [1.807, 2.05) is 6.07 Å². The second-order valence-corrected chi connectivity index (χ2v) is 10.1. The molecule has 1 aromatic carbocycles. The van der Waals surface area contributed by atoms with Gasteiger partial charge in [0, 0.05) is 37.3 Å². The molecular weight excluding hydrogens is 527 g/mol. The van der Waals surface area contributed by atoms with Crippen molar-refractivity contribution in [2.24, 2.45) is 0 Å². The maximum Gasteiger partial charge on any atom is 0.129 e. The maximum absolute atomic E-state index is 15.3. The molecule has 0 radical (unpaired) electrons. The van der Waals surface area contributed by atoms with Crippen molar-refractivity contribution in [2.45, 2.75) is 115 Å². The summed E-state index contributed by atoms with van der Waals surface area (Å²) in [6, 6.07) is 5.18. The standard InChI is InChI=1S/C29H48BrFO5/c1-5-9-15-32-21-25-27(33-16-10-6-2)29(35-18-12-8-4)28(34-17-11-7-3)26(36-25)23-19-22(20-30)13-14-24(23)31/h13-14,19,25-29H,5-12,15-18,20-21H2,1-4H3/t25-,26+,27-,28+,29+/m1/s1. The van der Waals surface area contributed by atoms with Crippen LogP contribution < -0.4 is 0 Å². The molecule has 36 heavy (non-hydrogen) atoms. The first-order valence-corrected chi connectivity index (χ1v) is 15.1. The van der Waals surface area contributed by atoms with E-state index < -0.39 is 12.2 Å². The average molecular weight is 576 g/mol. The first-order valence-electron chi connectivity index (χ1n) is 14.0. The number of benzene rings is 1. The van der Waals surface area contributed by atoms with Gasteiger partial charge in [0.15, 0.2) is 0 Å². The molecule has 0 saturated carbocycles. The van der Waals surface area contributed by atoms with E-state index in [0.29, 0.717) is 43.9 Å². The Labute approximate surface area is 226 Å². The summed E-state index contributed by atoms with van der Waals surface area (Å²) in [6.45, 7) is 11.4. The van der Waals surface area contributed by atoms with Gasteiger partial charge in [0.1, 0.15) is 36.3 Å². The van der Waals surface area contributed by atoms with Crippen molar-refractivity contribution in [1.82, 2.24) is 0 Å². The Morgan fingerprint density at radius 2 is 1.33 bits per heavy atom. The van der Waals surface area contributed by atoms with E-state index >= 15 is 4.39 Å². The molecule has 1 fully saturated rings. The van der Waals surface area contributed by atoms with Crippen LogP contribution in [-0.4, -0.2) is 57.5 Å². The number of hydrogen-bond donors (Lipinski definition) is 0. The Bertz CT molecular complexity index is 706. The summed E-state index contributed by atoms with van der Waals surface area (Å²) in [6.07, 6.45) is 5.73. The van der Waals surface area contributed by atoms with Crippen molar-refractivity contribution in [1.29, 1.82) is 0 Å². The van der Waals surface area contributed by atoms with Crippen molar-refractivity contribution >= 4 is 15.9 Å². The number of alkyl halides is 1. The van der Waals surface area contributed by atoms with Crippen LogP contribution in [-0.2, 0) is 29.0 Å². The van der Waals surface area contributed by atoms with Gasteiger partial charge in [0.25, 0.3) is 0 Å². The lowest BCUT2D eigenvalue weighted by molar-refractivity contribution is -0.268. The van der Waals surface area contributed by atoms with E-state index in [0.717, 1.165) is 56.9 Å². The van der Waals surface area contributed by atoms with Gasteiger partial charge in [-0.15, -0.1) is 0 Å². The summed E-state index contributed by atoms with van der Waals surface area (Å²) in [5.41, 5.74) is 1.49. The van der Waals surface area contributed by atoms with Crippen LogP contribution >= 0.6 is 15.9 Å². The topological polar surface area (TPSA) is 46.2 Å². The lowest BCUT2D eigenvalue weighted by Gasteiger charge is -2.46. The van der Waals surface area contributed by atoms with Crippen molar-refractivity contribution in [3.8, 4) is 0 Å². The summed E-state index contributed by atoms with van der Waals surface area (Å²) in [5, 5.41) is 0.636. The van der Waals surface area contributed by atoms with Crippen LogP contribution in [0.5, 0.6) is 0 Å². The minimum atomic E-state index is -0.613. The van der Waals surface area contributed by atoms with Crippen molar-refractivity contribution in [3.63, 3.8) is 0 Å². The summed E-state index contributed by atoms with van der Waals surface area (Å²) >= 11 is 3.51. The van der Waals surface area contributed by atoms with Gasteiger partial charge in [-0.2, -0.15) is 0 Å². The Kier molecular flexibility index (Phi) is 16.4. The monoisotopic (exact) mass is 574 g/mol. The molecule has 1 heterocycles. The molecular formula is C29H48BrFO5. The molecule has 0 N–H and O–H groups in total. The highest BCUT2D eigenvalue weighted by atomic mass is 79.9. The molecule has 0 aliphatic carbocycles. The highest BCUT2D eigenvalue weighted by Crippen LogP contribution is 2.39. The SMILES string of the molecule is CCCCOC[C@H]1O[C@@H](c2cc(CBr)ccc2F)[C@H](OCCCC)[C@@H](OCCCC)[C@@H]1OCCCC. The van der Waals surface area contributed by atoms with Gasteiger partial charge >= 0.3 is 0 Å². The van der Waals surface area contributed by atoms with Crippen LogP contribution in [0.4, 0.5) is 4.39 Å². The normalized spacial score (nSPS) is 24.3. The first kappa shape index (κ1) is 31.6. The van der Waals surface area contributed by atoms with E-state index in [2.05, 4.69) is 43.6 Å². The largest absolute Gasteiger partial charge is 0.379 e. The second kappa shape index (κ2) is 18.6. The van der Waals surface area contributed by atoms with Gasteiger partial charge in [-0.25, -0.2) is 4.39 Å². The molecule has 1 aliphatic rings. The molecule has 7 heteroatoms. The Morgan fingerprint density at radius 1 is 0.778 bits per heavy atom. The Morgan fingerprint density at radius 3 is 1.92 bits per heavy atom. The van der Waals surface area contributed by atoms with Crippen LogP contribution in [0.25, 0.3) is 0 Å². The molecule has 1 aliphatic heterocycles. The highest BCUT2D eigenvalue weighted by molar-refractivity contribution is 9.08. The minimum absolute atomic E-state index is 0.294. The fourth-order valence-electron chi connectivity index (χ4n) is 4.30. The van der Waals surface area contributed by atoms with Gasteiger partial charge in [-0.3, -0.25) is 0 Å². The number of unbranched alkanes of at least 4 members (excludes halogenated alkanes) is 4. The van der Waals surface area contributed by atoms with E-state index in [1.165, 1.54) is 6.07 Å². The Balaban J connectivity index is 2.44. The lowest BCUT2D eigenvalue weighted by Crippen LogP contribution is -2.58. The van der Waals surface area contributed by atoms with Crippen LogP contribution in [0.1, 0.15) is 96.3 Å². The molecule has 5 atom stereocenters. The van der Waals surface area contributed by atoms with Gasteiger partial charge in [0.2, 0.25) is 0 Å². The fraction of sp³-hybridized carbons (Fsp3) is 0.793. The highest BCUT2D eigenvalue weighted by Gasteiger charge is 2.49. The summed E-state index contributed by atoms with van der Waals surface area (Å²) in [5.74, 6) is -0.294. The molecule has 1 aromatic rings. The van der Waals surface area contributed by atoms with Crippen LogP contribution in [0.15, 0.2) is 18.2 Å². The molecule has 208 valence electrons. The molecule has 0 aromatic heterocycles. The smallest absolute Gasteiger partial charge is 0.129 e. The van der Waals surface area contributed by atoms with Crippen LogP contribution in [0.2, 0.25) is 0 Å². The quantitative estimate of drug-likeness (QED) is 0.126. The van der Waals surface area contributed by atoms with Gasteiger partial charge in [0.05, 0.1) is 6.61 Å². The van der Waals surface area contributed by atoms with E-state index in [4.69, 9.17) is 23.7 Å². The van der Waals surface area contributed by atoms with Gasteiger partial charge in [-0.05, 0) is 43.4 Å². The Hall–Kier alpha value is -0.570. The number of rotatable bonds is 19. The van der Waals surface area contributed by atoms with Crippen molar-refractivity contribution in [2.75, 3.05) is 33.0 Å². The molecule has 0 bridgehead atoms. The molecule has 5 nitrogen and oxygen atoms in total. The van der Waals surface area contributed by atoms with E-state index in [1.54, 1.807) is 6.07 Å². The fourth-order valence-corrected chi connectivity index (χ4v) is 4.65. The van der Waals surface area contributed by atoms with E-state index in [-0.39, 0.29) is 24.1 Å². The summed E-state index contributed by atoms with van der Waals surface area (Å²) in [4.78, 5) is 0. The van der Waals surface area contributed by atoms with Crippen LogP contribution in [0, 0.1) is 5.82 Å². The van der Waals surface area contributed by atoms with Crippen molar-refractivity contribution in [3.05, 3.63) is 35.1 Å². The molecule has 2 rings (SSSR count). The lowest BCUT2D eigenvalue weighted by atomic mass is 9.89. The predicted octanol–water partition coefficient (Wildman–Crippen LogP) is 7.53. The predicted molar refractivity (Wildman–Crippen MR) is 146 cm³/mol. The number of halogens is 2. The maximum atomic E-state index is 15.3. The third-order valence-corrected chi connectivity index (χ3v) is 7.15. The average Bonchev–Trinajstić information content (AvgIpc) is 2.89. The third kappa shape index (κ3) is 9.95. The molecule has 1 saturated heterocycles. The zero-order valence-corrected chi connectivity index (χ0v) is 24.4. The van der Waals surface area contributed by atoms with E-state index in [9.17, 15) is 0 Å². The molecule has 0 unspecified atom stereocenters. The molecule has 0 spiro atoms. The van der Waals surface area contributed by atoms with Crippen molar-refractivity contribution < 1.29 is 28.1 Å². The number of hydrogen-bond acceptors (Lipinski definition) is 5. The first-order chi connectivity index (χ1) is 17.6. The zero-order chi connectivity index (χ0) is 26.2. The second-order valence-electron chi connectivity index (χ2n) is 9.58. The molecule has 0 amide bonds. The van der Waals surface area contributed by atoms with Crippen LogP contribution in [0.3, 0.4) is 0 Å². The summed E-state index contributed by atoms with van der Waals surface area (Å²) < 4.78 is 47.3.